The van der Waals surface area contributed by atoms with Crippen molar-refractivity contribution in [3.05, 3.63) is 24.9 Å². The largest absolute Gasteiger partial charge is 0.389 e. The second kappa shape index (κ2) is 25.3. The molecule has 0 atom stereocenters. The summed E-state index contributed by atoms with van der Waals surface area (Å²) in [7, 11) is 0. The first-order valence-corrected chi connectivity index (χ1v) is 13.3. The van der Waals surface area contributed by atoms with Crippen molar-refractivity contribution in [1.82, 2.24) is 5.32 Å². The summed E-state index contributed by atoms with van der Waals surface area (Å²) in [6, 6.07) is 0. The molecule has 0 saturated carbocycles. The van der Waals surface area contributed by atoms with Crippen molar-refractivity contribution in [2.75, 3.05) is 6.54 Å². The maximum atomic E-state index is 4.13. The fourth-order valence-electron chi connectivity index (χ4n) is 4.02. The Morgan fingerprint density at radius 2 is 0.966 bits per heavy atom. The first kappa shape index (κ1) is 28.3. The maximum absolute atomic E-state index is 4.13. The van der Waals surface area contributed by atoms with E-state index in [1.807, 2.05) is 6.08 Å². The van der Waals surface area contributed by atoms with Crippen molar-refractivity contribution in [2.24, 2.45) is 0 Å². The van der Waals surface area contributed by atoms with Crippen molar-refractivity contribution in [3.63, 3.8) is 0 Å². The van der Waals surface area contributed by atoms with E-state index in [-0.39, 0.29) is 0 Å². The Bertz CT molecular complexity index is 333. The standard InChI is InChI=1S/C28H55N/c1-4-6-8-9-10-11-12-13-14-15-16-17-18-19-20-21-22-23-24-26-28(3)29-27-25-7-5-2/h5,29H,2-4,6-27H2,1H3. The highest BCUT2D eigenvalue weighted by Crippen LogP contribution is 2.15. The van der Waals surface area contributed by atoms with Gasteiger partial charge < -0.3 is 5.32 Å². The summed E-state index contributed by atoms with van der Waals surface area (Å²) >= 11 is 0. The monoisotopic (exact) mass is 405 g/mol. The molecule has 0 saturated heterocycles. The predicted molar refractivity (Wildman–Crippen MR) is 135 cm³/mol. The lowest BCUT2D eigenvalue weighted by Gasteiger charge is -2.08. The molecule has 29 heavy (non-hydrogen) atoms. The highest BCUT2D eigenvalue weighted by atomic mass is 14.9. The van der Waals surface area contributed by atoms with Crippen molar-refractivity contribution in [1.29, 1.82) is 0 Å². The molecule has 0 aromatic heterocycles. The number of unbranched alkanes of at least 4 members (excludes halogenated alkanes) is 19. The summed E-state index contributed by atoms with van der Waals surface area (Å²) < 4.78 is 0. The van der Waals surface area contributed by atoms with E-state index in [0.717, 1.165) is 19.4 Å². The molecule has 0 spiro atoms. The molecule has 1 heteroatoms. The van der Waals surface area contributed by atoms with Gasteiger partial charge >= 0.3 is 0 Å². The van der Waals surface area contributed by atoms with E-state index in [0.29, 0.717) is 0 Å². The molecule has 0 aliphatic rings. The van der Waals surface area contributed by atoms with Crippen LogP contribution in [0.3, 0.4) is 0 Å². The fraction of sp³-hybridized carbons (Fsp3) is 0.857. The zero-order valence-electron chi connectivity index (χ0n) is 20.3. The van der Waals surface area contributed by atoms with Gasteiger partial charge in [-0.1, -0.05) is 135 Å². The minimum atomic E-state index is 1.05. The van der Waals surface area contributed by atoms with E-state index in [1.54, 1.807) is 0 Å². The molecule has 1 N–H and O–H groups in total. The smallest absolute Gasteiger partial charge is 0.0146 e. The Balaban J connectivity index is 3.08. The van der Waals surface area contributed by atoms with Crippen LogP contribution < -0.4 is 5.32 Å². The molecule has 0 heterocycles. The number of allylic oxidation sites excluding steroid dienone is 2. The van der Waals surface area contributed by atoms with Crippen molar-refractivity contribution >= 4 is 0 Å². The summed E-state index contributed by atoms with van der Waals surface area (Å²) in [5, 5.41) is 3.43. The Morgan fingerprint density at radius 3 is 1.34 bits per heavy atom. The van der Waals surface area contributed by atoms with Crippen LogP contribution in [-0.4, -0.2) is 6.54 Å². The highest BCUT2D eigenvalue weighted by Gasteiger charge is 1.97. The summed E-state index contributed by atoms with van der Waals surface area (Å²) in [6.45, 7) is 11.2. The zero-order chi connectivity index (χ0) is 21.3. The molecular formula is C28H55N. The first-order chi connectivity index (χ1) is 14.3. The number of hydrogen-bond donors (Lipinski definition) is 1. The Hall–Kier alpha value is -0.720. The van der Waals surface area contributed by atoms with Gasteiger partial charge in [0.25, 0.3) is 0 Å². The first-order valence-electron chi connectivity index (χ1n) is 13.3. The van der Waals surface area contributed by atoms with Gasteiger partial charge in [0.15, 0.2) is 0 Å². The number of hydrogen-bond acceptors (Lipinski definition) is 1. The van der Waals surface area contributed by atoms with Gasteiger partial charge in [-0.25, -0.2) is 0 Å². The van der Waals surface area contributed by atoms with Crippen molar-refractivity contribution in [3.8, 4) is 0 Å². The number of rotatable bonds is 25. The fourth-order valence-corrected chi connectivity index (χ4v) is 4.02. The van der Waals surface area contributed by atoms with E-state index in [2.05, 4.69) is 25.4 Å². The lowest BCUT2D eigenvalue weighted by atomic mass is 10.0. The van der Waals surface area contributed by atoms with Crippen LogP contribution in [0, 0.1) is 0 Å². The minimum Gasteiger partial charge on any atom is -0.389 e. The molecule has 1 nitrogen and oxygen atoms in total. The average molecular weight is 406 g/mol. The molecular weight excluding hydrogens is 350 g/mol. The molecule has 0 aromatic rings. The molecule has 0 aliphatic carbocycles. The van der Waals surface area contributed by atoms with Crippen molar-refractivity contribution in [2.45, 2.75) is 148 Å². The molecule has 0 aromatic carbocycles. The molecule has 0 fully saturated rings. The van der Waals surface area contributed by atoms with Gasteiger partial charge in [-0.15, -0.1) is 6.58 Å². The number of nitrogens with one attached hydrogen (secondary N) is 1. The zero-order valence-corrected chi connectivity index (χ0v) is 20.3. The van der Waals surface area contributed by atoms with E-state index in [4.69, 9.17) is 0 Å². The van der Waals surface area contributed by atoms with Crippen molar-refractivity contribution < 1.29 is 0 Å². The molecule has 0 unspecified atom stereocenters. The van der Waals surface area contributed by atoms with Crippen LogP contribution in [0.25, 0.3) is 0 Å². The third kappa shape index (κ3) is 25.2. The van der Waals surface area contributed by atoms with Crippen LogP contribution in [-0.2, 0) is 0 Å². The van der Waals surface area contributed by atoms with E-state index in [1.165, 1.54) is 134 Å². The van der Waals surface area contributed by atoms with E-state index in [9.17, 15) is 0 Å². The second-order valence-corrected chi connectivity index (χ2v) is 9.08. The van der Waals surface area contributed by atoms with Crippen LogP contribution in [0.1, 0.15) is 148 Å². The topological polar surface area (TPSA) is 12.0 Å². The van der Waals surface area contributed by atoms with Gasteiger partial charge in [-0.2, -0.15) is 0 Å². The highest BCUT2D eigenvalue weighted by molar-refractivity contribution is 4.90. The van der Waals surface area contributed by atoms with Gasteiger partial charge in [0.1, 0.15) is 0 Å². The summed E-state index contributed by atoms with van der Waals surface area (Å²) in [5.74, 6) is 0. The van der Waals surface area contributed by atoms with Gasteiger partial charge in [-0.05, 0) is 25.7 Å². The summed E-state index contributed by atoms with van der Waals surface area (Å²) in [5.41, 5.74) is 1.22. The van der Waals surface area contributed by atoms with Gasteiger partial charge in [0, 0.05) is 12.2 Å². The molecule has 0 bridgehead atoms. The summed E-state index contributed by atoms with van der Waals surface area (Å²) in [4.78, 5) is 0. The maximum Gasteiger partial charge on any atom is 0.0146 e. The SMILES string of the molecule is C=CCCCNC(=C)CCCCCCCCCCCCCCCCCCCCC. The van der Waals surface area contributed by atoms with Crippen LogP contribution >= 0.6 is 0 Å². The Labute approximate surface area is 185 Å². The molecule has 0 radical (unpaired) electrons. The molecule has 0 amide bonds. The lowest BCUT2D eigenvalue weighted by molar-refractivity contribution is 0.522. The predicted octanol–water partition coefficient (Wildman–Crippen LogP) is 9.88. The molecule has 0 aliphatic heterocycles. The van der Waals surface area contributed by atoms with Gasteiger partial charge in [-0.3, -0.25) is 0 Å². The molecule has 172 valence electrons. The molecule has 0 rings (SSSR count). The third-order valence-corrected chi connectivity index (χ3v) is 6.04. The van der Waals surface area contributed by atoms with Crippen LogP contribution in [0.4, 0.5) is 0 Å². The Kier molecular flexibility index (Phi) is 24.7. The van der Waals surface area contributed by atoms with Gasteiger partial charge in [0.2, 0.25) is 0 Å². The second-order valence-electron chi connectivity index (χ2n) is 9.08. The minimum absolute atomic E-state index is 1.05. The Morgan fingerprint density at radius 1 is 0.586 bits per heavy atom. The van der Waals surface area contributed by atoms with Crippen LogP contribution in [0.15, 0.2) is 24.9 Å². The summed E-state index contributed by atoms with van der Waals surface area (Å²) in [6.07, 6.45) is 32.8. The average Bonchev–Trinajstić information content (AvgIpc) is 2.73. The van der Waals surface area contributed by atoms with Gasteiger partial charge in [0.05, 0.1) is 0 Å². The third-order valence-electron chi connectivity index (χ3n) is 6.04. The van der Waals surface area contributed by atoms with E-state index < -0.39 is 0 Å². The normalized spacial score (nSPS) is 10.9. The quantitative estimate of drug-likeness (QED) is 0.118. The van der Waals surface area contributed by atoms with E-state index >= 15 is 0 Å². The lowest BCUT2D eigenvalue weighted by Crippen LogP contribution is -2.13. The van der Waals surface area contributed by atoms with Crippen LogP contribution in [0.5, 0.6) is 0 Å². The van der Waals surface area contributed by atoms with Crippen LogP contribution in [0.2, 0.25) is 0 Å².